The maximum Gasteiger partial charge on any atom is 0.266 e. The van der Waals surface area contributed by atoms with E-state index in [1.165, 1.54) is 22.4 Å². The van der Waals surface area contributed by atoms with Gasteiger partial charge in [-0.15, -0.1) is 0 Å². The van der Waals surface area contributed by atoms with Gasteiger partial charge in [-0.25, -0.2) is 9.37 Å². The van der Waals surface area contributed by atoms with Crippen LogP contribution >= 0.6 is 11.8 Å². The summed E-state index contributed by atoms with van der Waals surface area (Å²) in [5.74, 6) is 0.156. The van der Waals surface area contributed by atoms with E-state index in [1.54, 1.807) is 36.4 Å². The molecule has 0 spiro atoms. The van der Waals surface area contributed by atoms with E-state index < -0.39 is 5.82 Å². The molecule has 0 amide bonds. The van der Waals surface area contributed by atoms with E-state index in [0.29, 0.717) is 21.8 Å². The highest BCUT2D eigenvalue weighted by Crippen LogP contribution is 2.23. The van der Waals surface area contributed by atoms with Gasteiger partial charge < -0.3 is 0 Å². The van der Waals surface area contributed by atoms with Gasteiger partial charge >= 0.3 is 0 Å². The number of fused-ring (bicyclic) bond motifs is 1. The van der Waals surface area contributed by atoms with Gasteiger partial charge in [0.25, 0.3) is 5.56 Å². The highest BCUT2D eigenvalue weighted by molar-refractivity contribution is 7.99. The van der Waals surface area contributed by atoms with Crippen molar-refractivity contribution in [1.82, 2.24) is 9.55 Å². The van der Waals surface area contributed by atoms with E-state index in [4.69, 9.17) is 0 Å². The summed E-state index contributed by atoms with van der Waals surface area (Å²) in [5, 5.41) is 0.928. The van der Waals surface area contributed by atoms with Crippen molar-refractivity contribution in [2.75, 3.05) is 5.75 Å². The van der Waals surface area contributed by atoms with Crippen LogP contribution in [0.15, 0.2) is 70.6 Å². The third-order valence-corrected chi connectivity index (χ3v) is 4.46. The van der Waals surface area contributed by atoms with Crippen LogP contribution in [-0.4, -0.2) is 15.3 Å². The molecule has 1 heterocycles. The van der Waals surface area contributed by atoms with Crippen molar-refractivity contribution in [3.05, 3.63) is 76.9 Å². The molecule has 1 aromatic heterocycles. The van der Waals surface area contributed by atoms with Gasteiger partial charge in [0.2, 0.25) is 0 Å². The number of hydrogen-bond acceptors (Lipinski definition) is 3. The molecule has 0 saturated heterocycles. The van der Waals surface area contributed by atoms with Gasteiger partial charge in [-0.2, -0.15) is 0 Å². The Bertz CT molecular complexity index is 949. The fraction of sp³-hybridized carbons (Fsp3) is 0.111. The van der Waals surface area contributed by atoms with E-state index in [2.05, 4.69) is 11.6 Å². The SMILES string of the molecule is C=C(C)CSc1nc2ccccc2c(=O)n1-c1ccccc1F. The van der Waals surface area contributed by atoms with Crippen molar-refractivity contribution >= 4 is 22.7 Å². The van der Waals surface area contributed by atoms with Gasteiger partial charge in [0, 0.05) is 5.75 Å². The Morgan fingerprint density at radius 2 is 1.91 bits per heavy atom. The van der Waals surface area contributed by atoms with Crippen LogP contribution in [0.3, 0.4) is 0 Å². The number of para-hydroxylation sites is 2. The topological polar surface area (TPSA) is 34.9 Å². The second-order valence-corrected chi connectivity index (χ2v) is 6.19. The number of thioether (sulfide) groups is 1. The number of benzene rings is 2. The van der Waals surface area contributed by atoms with Crippen molar-refractivity contribution < 1.29 is 4.39 Å². The summed E-state index contributed by atoms with van der Waals surface area (Å²) in [6.45, 7) is 5.77. The Hall–Kier alpha value is -2.40. The minimum absolute atomic E-state index is 0.208. The number of nitrogens with zero attached hydrogens (tertiary/aromatic N) is 2. The molecule has 23 heavy (non-hydrogen) atoms. The third-order valence-electron chi connectivity index (χ3n) is 3.29. The first-order valence-electron chi connectivity index (χ1n) is 7.12. The first-order chi connectivity index (χ1) is 11.1. The zero-order chi connectivity index (χ0) is 16.4. The number of rotatable bonds is 4. The molecule has 0 radical (unpaired) electrons. The molecule has 0 bridgehead atoms. The van der Waals surface area contributed by atoms with E-state index in [9.17, 15) is 9.18 Å². The Kier molecular flexibility index (Phi) is 4.30. The molecule has 0 unspecified atom stereocenters. The first kappa shape index (κ1) is 15.5. The summed E-state index contributed by atoms with van der Waals surface area (Å²) < 4.78 is 15.6. The molecular weight excluding hydrogens is 311 g/mol. The van der Waals surface area contributed by atoms with E-state index in [0.717, 1.165) is 5.57 Å². The maximum absolute atomic E-state index is 14.2. The van der Waals surface area contributed by atoms with Crippen LogP contribution in [0.5, 0.6) is 0 Å². The van der Waals surface area contributed by atoms with Gasteiger partial charge in [-0.05, 0) is 31.2 Å². The summed E-state index contributed by atoms with van der Waals surface area (Å²) >= 11 is 1.37. The number of aromatic nitrogens is 2. The fourth-order valence-electron chi connectivity index (χ4n) is 2.24. The van der Waals surface area contributed by atoms with E-state index >= 15 is 0 Å². The molecule has 0 saturated carbocycles. The lowest BCUT2D eigenvalue weighted by Crippen LogP contribution is -2.22. The molecule has 0 N–H and O–H groups in total. The van der Waals surface area contributed by atoms with Crippen LogP contribution in [0.4, 0.5) is 4.39 Å². The number of halogens is 1. The van der Waals surface area contributed by atoms with E-state index in [1.807, 2.05) is 13.0 Å². The highest BCUT2D eigenvalue weighted by Gasteiger charge is 2.15. The zero-order valence-corrected chi connectivity index (χ0v) is 13.4. The van der Waals surface area contributed by atoms with Gasteiger partial charge in [-0.1, -0.05) is 48.2 Å². The van der Waals surface area contributed by atoms with Gasteiger partial charge in [0.15, 0.2) is 5.16 Å². The van der Waals surface area contributed by atoms with Crippen molar-refractivity contribution in [3.8, 4) is 5.69 Å². The third kappa shape index (κ3) is 3.05. The monoisotopic (exact) mass is 326 g/mol. The quantitative estimate of drug-likeness (QED) is 0.409. The molecule has 0 atom stereocenters. The van der Waals surface area contributed by atoms with Crippen molar-refractivity contribution in [2.24, 2.45) is 0 Å². The molecule has 0 fully saturated rings. The van der Waals surface area contributed by atoms with Crippen LogP contribution in [0.25, 0.3) is 16.6 Å². The molecule has 0 aliphatic heterocycles. The lowest BCUT2D eigenvalue weighted by molar-refractivity contribution is 0.608. The lowest BCUT2D eigenvalue weighted by Gasteiger charge is -2.13. The largest absolute Gasteiger partial charge is 0.268 e. The molecule has 116 valence electrons. The summed E-state index contributed by atoms with van der Waals surface area (Å²) in [4.78, 5) is 17.4. The van der Waals surface area contributed by atoms with Crippen LogP contribution in [-0.2, 0) is 0 Å². The lowest BCUT2D eigenvalue weighted by atomic mass is 10.2. The molecule has 3 aromatic rings. The molecular formula is C18H15FN2OS. The summed E-state index contributed by atoms with van der Waals surface area (Å²) in [6.07, 6.45) is 0. The molecule has 5 heteroatoms. The average Bonchev–Trinajstić information content (AvgIpc) is 2.54. The van der Waals surface area contributed by atoms with Crippen molar-refractivity contribution in [3.63, 3.8) is 0 Å². The normalized spacial score (nSPS) is 10.9. The summed E-state index contributed by atoms with van der Waals surface area (Å²) in [6, 6.07) is 13.3. The molecule has 0 aliphatic carbocycles. The molecule has 2 aromatic carbocycles. The predicted molar refractivity (Wildman–Crippen MR) is 92.8 cm³/mol. The minimum Gasteiger partial charge on any atom is -0.268 e. The maximum atomic E-state index is 14.2. The first-order valence-corrected chi connectivity index (χ1v) is 8.10. The second-order valence-electron chi connectivity index (χ2n) is 5.25. The van der Waals surface area contributed by atoms with Crippen LogP contribution < -0.4 is 5.56 Å². The average molecular weight is 326 g/mol. The van der Waals surface area contributed by atoms with Gasteiger partial charge in [-0.3, -0.25) is 9.36 Å². The van der Waals surface area contributed by atoms with Crippen LogP contribution in [0.1, 0.15) is 6.92 Å². The van der Waals surface area contributed by atoms with Gasteiger partial charge in [0.05, 0.1) is 16.6 Å². The standard InChI is InChI=1S/C18H15FN2OS/c1-12(2)11-23-18-20-15-9-5-3-7-13(15)17(22)21(18)16-10-6-4-8-14(16)19/h3-10H,1,11H2,2H3. The highest BCUT2D eigenvalue weighted by atomic mass is 32.2. The van der Waals surface area contributed by atoms with Crippen LogP contribution in [0.2, 0.25) is 0 Å². The fourth-order valence-corrected chi connectivity index (χ4v) is 3.09. The molecule has 3 nitrogen and oxygen atoms in total. The second kappa shape index (κ2) is 6.38. The molecule has 3 rings (SSSR count). The Morgan fingerprint density at radius 1 is 1.22 bits per heavy atom. The summed E-state index contributed by atoms with van der Waals surface area (Å²) in [5.41, 5.74) is 1.50. The van der Waals surface area contributed by atoms with Crippen molar-refractivity contribution in [1.29, 1.82) is 0 Å². The van der Waals surface area contributed by atoms with Gasteiger partial charge in [0.1, 0.15) is 5.82 Å². The Labute approximate surface area is 137 Å². The zero-order valence-electron chi connectivity index (χ0n) is 12.6. The Balaban J connectivity index is 2.30. The number of hydrogen-bond donors (Lipinski definition) is 0. The molecule has 0 aliphatic rings. The predicted octanol–water partition coefficient (Wildman–Crippen LogP) is 4.19. The van der Waals surface area contributed by atoms with Crippen molar-refractivity contribution in [2.45, 2.75) is 12.1 Å². The summed E-state index contributed by atoms with van der Waals surface area (Å²) in [7, 11) is 0. The smallest absolute Gasteiger partial charge is 0.266 e. The van der Waals surface area contributed by atoms with Crippen LogP contribution in [0, 0.1) is 5.82 Å². The minimum atomic E-state index is -0.455. The van der Waals surface area contributed by atoms with E-state index in [-0.39, 0.29) is 11.2 Å². The Morgan fingerprint density at radius 3 is 2.65 bits per heavy atom.